The average Bonchev–Trinajstić information content (AvgIpc) is 3.14. The van der Waals surface area contributed by atoms with Gasteiger partial charge in [0.15, 0.2) is 0 Å². The highest BCUT2D eigenvalue weighted by molar-refractivity contribution is 5.77. The second-order valence-electron chi connectivity index (χ2n) is 5.57. The van der Waals surface area contributed by atoms with Crippen molar-refractivity contribution in [3.8, 4) is 0 Å². The van der Waals surface area contributed by atoms with Gasteiger partial charge in [-0.2, -0.15) is 0 Å². The molecule has 0 bridgehead atoms. The zero-order chi connectivity index (χ0) is 20.8. The molecule has 148 valence electrons. The number of nitrogens with one attached hydrogen (secondary N) is 1. The Hall–Kier alpha value is -2.62. The second kappa shape index (κ2) is 13.6. The van der Waals surface area contributed by atoms with Crippen LogP contribution in [0.2, 0.25) is 0 Å². The lowest BCUT2D eigenvalue weighted by atomic mass is 10.1. The fraction of sp³-hybridized carbons (Fsp3) is 0.391. The number of urea groups is 1. The Morgan fingerprint density at radius 2 is 1.89 bits per heavy atom. The highest BCUT2D eigenvalue weighted by Gasteiger charge is 2.23. The van der Waals surface area contributed by atoms with E-state index in [1.165, 1.54) is 0 Å². The number of rotatable bonds is 5. The van der Waals surface area contributed by atoms with Crippen molar-refractivity contribution in [2.24, 2.45) is 0 Å². The maximum atomic E-state index is 12.3. The van der Waals surface area contributed by atoms with E-state index in [1.807, 2.05) is 52.8 Å². The molecule has 0 atom stereocenters. The van der Waals surface area contributed by atoms with Gasteiger partial charge in [0.05, 0.1) is 12.2 Å². The Labute approximate surface area is 165 Å². The van der Waals surface area contributed by atoms with Gasteiger partial charge >= 0.3 is 6.03 Å². The molecule has 1 aromatic rings. The standard InChI is InChI=1S/C19H23N3O.2C2H6/c1-5-7-14(2)15(3)9-10-16(4)21-19(23)22-12-17-8-6-11-20-18(17)13-22;2*1-2/h6-11H,3-5,12-13H2,1-2H3,(H,21,23);2*1-2H3/b10-9-,14-7+;;. The fourth-order valence-electron chi connectivity index (χ4n) is 2.37. The lowest BCUT2D eigenvalue weighted by molar-refractivity contribution is 0.201. The maximum absolute atomic E-state index is 12.3. The molecule has 0 unspecified atom stereocenters. The monoisotopic (exact) mass is 369 g/mol. The van der Waals surface area contributed by atoms with Crippen LogP contribution in [0.3, 0.4) is 0 Å². The third kappa shape index (κ3) is 8.07. The van der Waals surface area contributed by atoms with Gasteiger partial charge in [0, 0.05) is 18.4 Å². The molecule has 27 heavy (non-hydrogen) atoms. The minimum Gasteiger partial charge on any atom is -0.314 e. The zero-order valence-corrected chi connectivity index (χ0v) is 17.8. The van der Waals surface area contributed by atoms with Crippen LogP contribution in [0.4, 0.5) is 4.79 Å². The number of allylic oxidation sites excluding steroid dienone is 5. The Morgan fingerprint density at radius 1 is 1.22 bits per heavy atom. The van der Waals surface area contributed by atoms with E-state index < -0.39 is 0 Å². The number of pyridine rings is 1. The number of fused-ring (bicyclic) bond motifs is 1. The van der Waals surface area contributed by atoms with Gasteiger partial charge in [-0.05, 0) is 42.2 Å². The molecule has 0 fully saturated rings. The number of hydrogen-bond acceptors (Lipinski definition) is 2. The first kappa shape index (κ1) is 24.4. The van der Waals surface area contributed by atoms with Crippen molar-refractivity contribution in [2.75, 3.05) is 0 Å². The summed E-state index contributed by atoms with van der Waals surface area (Å²) in [6.07, 6.45) is 8.47. The molecule has 1 aliphatic rings. The van der Waals surface area contributed by atoms with E-state index in [0.29, 0.717) is 18.8 Å². The van der Waals surface area contributed by atoms with Gasteiger partial charge < -0.3 is 10.2 Å². The van der Waals surface area contributed by atoms with Crippen molar-refractivity contribution in [1.29, 1.82) is 0 Å². The van der Waals surface area contributed by atoms with Crippen molar-refractivity contribution >= 4 is 6.03 Å². The van der Waals surface area contributed by atoms with Crippen LogP contribution in [0.15, 0.2) is 66.6 Å². The SMILES string of the molecule is C=C(/C=C\C(=C)/C(C)=C/CC)NC(=O)N1Cc2cccnc2C1.CC.CC. The summed E-state index contributed by atoms with van der Waals surface area (Å²) in [6, 6.07) is 3.72. The quantitative estimate of drug-likeness (QED) is 0.633. The lowest BCUT2D eigenvalue weighted by Crippen LogP contribution is -2.35. The molecule has 0 aromatic carbocycles. The first-order valence-electron chi connectivity index (χ1n) is 9.73. The molecule has 4 nitrogen and oxygen atoms in total. The molecular formula is C23H35N3O. The van der Waals surface area contributed by atoms with Crippen molar-refractivity contribution in [1.82, 2.24) is 15.2 Å². The smallest absolute Gasteiger partial charge is 0.314 e. The summed E-state index contributed by atoms with van der Waals surface area (Å²) in [4.78, 5) is 18.3. The number of carbonyl (C=O) groups is 1. The highest BCUT2D eigenvalue weighted by atomic mass is 16.2. The highest BCUT2D eigenvalue weighted by Crippen LogP contribution is 2.20. The molecule has 0 spiro atoms. The third-order valence-corrected chi connectivity index (χ3v) is 3.74. The summed E-state index contributed by atoms with van der Waals surface area (Å²) in [5.74, 6) is 0. The Balaban J connectivity index is 0.00000158. The van der Waals surface area contributed by atoms with Gasteiger partial charge in [-0.1, -0.05) is 66.0 Å². The molecule has 1 aromatic heterocycles. The zero-order valence-electron chi connectivity index (χ0n) is 17.8. The Morgan fingerprint density at radius 3 is 2.48 bits per heavy atom. The normalized spacial score (nSPS) is 12.4. The van der Waals surface area contributed by atoms with E-state index in [-0.39, 0.29) is 6.03 Å². The number of hydrogen-bond donors (Lipinski definition) is 1. The minimum absolute atomic E-state index is 0.163. The Bertz CT molecular complexity index is 662. The van der Waals surface area contributed by atoms with Gasteiger partial charge in [-0.15, -0.1) is 0 Å². The molecule has 2 heterocycles. The van der Waals surface area contributed by atoms with Crippen LogP contribution >= 0.6 is 0 Å². The summed E-state index contributed by atoms with van der Waals surface area (Å²) in [7, 11) is 0. The molecule has 0 aliphatic carbocycles. The van der Waals surface area contributed by atoms with Crippen LogP contribution < -0.4 is 5.32 Å². The Kier molecular flexibility index (Phi) is 12.2. The number of amides is 2. The van der Waals surface area contributed by atoms with Crippen molar-refractivity contribution in [2.45, 2.75) is 61.1 Å². The van der Waals surface area contributed by atoms with Crippen LogP contribution in [0, 0.1) is 0 Å². The van der Waals surface area contributed by atoms with Crippen molar-refractivity contribution < 1.29 is 4.79 Å². The average molecular weight is 370 g/mol. The van der Waals surface area contributed by atoms with E-state index in [2.05, 4.69) is 36.5 Å². The van der Waals surface area contributed by atoms with Crippen LogP contribution in [0.25, 0.3) is 0 Å². The van der Waals surface area contributed by atoms with Crippen molar-refractivity contribution in [3.63, 3.8) is 0 Å². The van der Waals surface area contributed by atoms with Crippen LogP contribution in [-0.2, 0) is 13.1 Å². The summed E-state index contributed by atoms with van der Waals surface area (Å²) >= 11 is 0. The minimum atomic E-state index is -0.163. The van der Waals surface area contributed by atoms with Gasteiger partial charge in [0.2, 0.25) is 0 Å². The maximum Gasteiger partial charge on any atom is 0.322 e. The predicted molar refractivity (Wildman–Crippen MR) is 116 cm³/mol. The third-order valence-electron chi connectivity index (χ3n) is 3.74. The fourth-order valence-corrected chi connectivity index (χ4v) is 2.37. The van der Waals surface area contributed by atoms with Gasteiger partial charge in [-0.3, -0.25) is 4.98 Å². The molecule has 0 radical (unpaired) electrons. The summed E-state index contributed by atoms with van der Waals surface area (Å²) < 4.78 is 0. The molecule has 1 N–H and O–H groups in total. The molecule has 1 aliphatic heterocycles. The molecule has 2 rings (SSSR count). The van der Waals surface area contributed by atoms with E-state index in [0.717, 1.165) is 28.8 Å². The summed E-state index contributed by atoms with van der Waals surface area (Å²) in [5.41, 5.74) is 4.64. The number of aromatic nitrogens is 1. The van der Waals surface area contributed by atoms with Crippen LogP contribution in [-0.4, -0.2) is 15.9 Å². The number of nitrogens with zero attached hydrogens (tertiary/aromatic N) is 2. The van der Waals surface area contributed by atoms with Crippen molar-refractivity contribution in [3.05, 3.63) is 77.8 Å². The van der Waals surface area contributed by atoms with Gasteiger partial charge in [-0.25, -0.2) is 4.79 Å². The predicted octanol–water partition coefficient (Wildman–Crippen LogP) is 6.14. The van der Waals surface area contributed by atoms with E-state index >= 15 is 0 Å². The molecule has 2 amide bonds. The van der Waals surface area contributed by atoms with Crippen LogP contribution in [0.1, 0.15) is 59.2 Å². The largest absolute Gasteiger partial charge is 0.322 e. The van der Waals surface area contributed by atoms with Gasteiger partial charge in [0.1, 0.15) is 0 Å². The summed E-state index contributed by atoms with van der Waals surface area (Å²) in [5, 5.41) is 2.80. The van der Waals surface area contributed by atoms with E-state index in [4.69, 9.17) is 0 Å². The topological polar surface area (TPSA) is 45.2 Å². The molecular weight excluding hydrogens is 334 g/mol. The van der Waals surface area contributed by atoms with E-state index in [1.54, 1.807) is 17.2 Å². The van der Waals surface area contributed by atoms with Gasteiger partial charge in [0.25, 0.3) is 0 Å². The first-order chi connectivity index (χ1) is 13.0. The molecule has 0 saturated heterocycles. The molecule has 4 heteroatoms. The summed E-state index contributed by atoms with van der Waals surface area (Å²) in [6.45, 7) is 21.1. The lowest BCUT2D eigenvalue weighted by Gasteiger charge is -2.16. The van der Waals surface area contributed by atoms with E-state index in [9.17, 15) is 4.79 Å². The van der Waals surface area contributed by atoms with Crippen LogP contribution in [0.5, 0.6) is 0 Å². The number of carbonyl (C=O) groups excluding carboxylic acids is 1. The second-order valence-corrected chi connectivity index (χ2v) is 5.57. The first-order valence-corrected chi connectivity index (χ1v) is 9.73. The molecule has 0 saturated carbocycles.